The summed E-state index contributed by atoms with van der Waals surface area (Å²) >= 11 is 5.95. The number of nitrogens with one attached hydrogen (secondary N) is 1. The summed E-state index contributed by atoms with van der Waals surface area (Å²) in [5.74, 6) is 1.85. The lowest BCUT2D eigenvalue weighted by molar-refractivity contribution is 0.391. The number of halogens is 1. The van der Waals surface area contributed by atoms with Crippen LogP contribution in [0.2, 0.25) is 5.28 Å². The third kappa shape index (κ3) is 2.98. The van der Waals surface area contributed by atoms with Crippen molar-refractivity contribution in [1.82, 2.24) is 20.1 Å². The van der Waals surface area contributed by atoms with E-state index in [0.717, 1.165) is 37.4 Å². The van der Waals surface area contributed by atoms with E-state index in [0.29, 0.717) is 18.4 Å². The van der Waals surface area contributed by atoms with Crippen LogP contribution in [-0.4, -0.2) is 33.2 Å². The molecule has 0 bridgehead atoms. The number of hydrogen-bond donors (Lipinski definition) is 1. The zero-order chi connectivity index (χ0) is 13.9. The third-order valence-electron chi connectivity index (χ3n) is 3.09. The van der Waals surface area contributed by atoms with Crippen molar-refractivity contribution in [2.75, 3.05) is 23.3 Å². The smallest absolute Gasteiger partial charge is 0.231 e. The average molecular weight is 295 g/mol. The predicted molar refractivity (Wildman–Crippen MR) is 74.9 cm³/mol. The van der Waals surface area contributed by atoms with Crippen molar-refractivity contribution >= 4 is 23.5 Å². The highest BCUT2D eigenvalue weighted by molar-refractivity contribution is 6.28. The SMILES string of the molecule is Cc1cc(CNc2nc(Cl)nc(N3CCCC3)n2)no1. The van der Waals surface area contributed by atoms with E-state index in [1.54, 1.807) is 0 Å². The molecule has 1 aliphatic rings. The maximum absolute atomic E-state index is 5.95. The van der Waals surface area contributed by atoms with Crippen molar-refractivity contribution in [3.05, 3.63) is 22.8 Å². The largest absolute Gasteiger partial charge is 0.361 e. The van der Waals surface area contributed by atoms with Gasteiger partial charge in [-0.2, -0.15) is 15.0 Å². The second kappa shape index (κ2) is 5.62. The molecule has 7 nitrogen and oxygen atoms in total. The van der Waals surface area contributed by atoms with Gasteiger partial charge in [-0.3, -0.25) is 0 Å². The second-order valence-corrected chi connectivity index (χ2v) is 5.04. The van der Waals surface area contributed by atoms with Crippen LogP contribution in [0.25, 0.3) is 0 Å². The van der Waals surface area contributed by atoms with Gasteiger partial charge in [0.25, 0.3) is 0 Å². The van der Waals surface area contributed by atoms with E-state index in [-0.39, 0.29) is 5.28 Å². The zero-order valence-electron chi connectivity index (χ0n) is 11.1. The van der Waals surface area contributed by atoms with Crippen LogP contribution in [-0.2, 0) is 6.54 Å². The lowest BCUT2D eigenvalue weighted by Gasteiger charge is -2.15. The molecule has 1 fully saturated rings. The summed E-state index contributed by atoms with van der Waals surface area (Å²) in [6.45, 7) is 4.25. The van der Waals surface area contributed by atoms with Crippen LogP contribution in [0.4, 0.5) is 11.9 Å². The maximum atomic E-state index is 5.95. The van der Waals surface area contributed by atoms with Crippen LogP contribution in [0.5, 0.6) is 0 Å². The maximum Gasteiger partial charge on any atom is 0.231 e. The summed E-state index contributed by atoms with van der Waals surface area (Å²) in [5, 5.41) is 7.18. The minimum absolute atomic E-state index is 0.195. The molecule has 0 saturated carbocycles. The molecule has 8 heteroatoms. The number of aryl methyl sites for hydroxylation is 1. The van der Waals surface area contributed by atoms with Gasteiger partial charge in [-0.05, 0) is 31.4 Å². The molecule has 1 aliphatic heterocycles. The summed E-state index contributed by atoms with van der Waals surface area (Å²) < 4.78 is 5.00. The minimum Gasteiger partial charge on any atom is -0.361 e. The van der Waals surface area contributed by atoms with Gasteiger partial charge in [-0.1, -0.05) is 5.16 Å². The van der Waals surface area contributed by atoms with Crippen LogP contribution in [0, 0.1) is 6.92 Å². The number of rotatable bonds is 4. The highest BCUT2D eigenvalue weighted by atomic mass is 35.5. The Labute approximate surface area is 121 Å². The molecule has 1 saturated heterocycles. The fourth-order valence-corrected chi connectivity index (χ4v) is 2.30. The Morgan fingerprint density at radius 3 is 2.80 bits per heavy atom. The molecule has 3 rings (SSSR count). The standard InChI is InChI=1S/C12H15ClN6O/c1-8-6-9(18-20-8)7-14-11-15-10(13)16-12(17-11)19-4-2-3-5-19/h6H,2-5,7H2,1H3,(H,14,15,16,17). The molecular formula is C12H15ClN6O. The number of anilines is 2. The van der Waals surface area contributed by atoms with Crippen molar-refractivity contribution in [2.24, 2.45) is 0 Å². The van der Waals surface area contributed by atoms with Gasteiger partial charge in [0.05, 0.1) is 6.54 Å². The quantitative estimate of drug-likeness (QED) is 0.924. The third-order valence-corrected chi connectivity index (χ3v) is 3.26. The molecular weight excluding hydrogens is 280 g/mol. The Hall–Kier alpha value is -1.89. The molecule has 1 N–H and O–H groups in total. The fourth-order valence-electron chi connectivity index (χ4n) is 2.15. The molecule has 106 valence electrons. The monoisotopic (exact) mass is 294 g/mol. The minimum atomic E-state index is 0.195. The summed E-state index contributed by atoms with van der Waals surface area (Å²) in [6.07, 6.45) is 2.31. The number of aromatic nitrogens is 4. The van der Waals surface area contributed by atoms with Gasteiger partial charge in [-0.25, -0.2) is 0 Å². The van der Waals surface area contributed by atoms with Crippen molar-refractivity contribution in [3.63, 3.8) is 0 Å². The molecule has 20 heavy (non-hydrogen) atoms. The summed E-state index contributed by atoms with van der Waals surface area (Å²) in [7, 11) is 0. The molecule has 2 aromatic heterocycles. The highest BCUT2D eigenvalue weighted by Gasteiger charge is 2.17. The molecule has 3 heterocycles. The fraction of sp³-hybridized carbons (Fsp3) is 0.500. The van der Waals surface area contributed by atoms with Crippen LogP contribution in [0.3, 0.4) is 0 Å². The molecule has 0 radical (unpaired) electrons. The van der Waals surface area contributed by atoms with Gasteiger partial charge in [0.15, 0.2) is 0 Å². The van der Waals surface area contributed by atoms with E-state index in [4.69, 9.17) is 16.1 Å². The van der Waals surface area contributed by atoms with Gasteiger partial charge < -0.3 is 14.7 Å². The Kier molecular flexibility index (Phi) is 3.68. The molecule has 0 aromatic carbocycles. The second-order valence-electron chi connectivity index (χ2n) is 4.70. The topological polar surface area (TPSA) is 80.0 Å². The van der Waals surface area contributed by atoms with E-state index < -0.39 is 0 Å². The summed E-state index contributed by atoms with van der Waals surface area (Å²) in [4.78, 5) is 14.7. The number of hydrogen-bond acceptors (Lipinski definition) is 7. The van der Waals surface area contributed by atoms with E-state index in [1.807, 2.05) is 13.0 Å². The van der Waals surface area contributed by atoms with Gasteiger partial charge in [0.2, 0.25) is 17.2 Å². The Morgan fingerprint density at radius 1 is 1.30 bits per heavy atom. The Balaban J connectivity index is 1.72. The van der Waals surface area contributed by atoms with Gasteiger partial charge in [0.1, 0.15) is 11.5 Å². The lowest BCUT2D eigenvalue weighted by atomic mass is 10.4. The van der Waals surface area contributed by atoms with Crippen molar-refractivity contribution in [2.45, 2.75) is 26.3 Å². The first-order valence-corrected chi connectivity index (χ1v) is 6.91. The average Bonchev–Trinajstić information content (AvgIpc) is 3.07. The van der Waals surface area contributed by atoms with Crippen molar-refractivity contribution in [3.8, 4) is 0 Å². The first-order chi connectivity index (χ1) is 9.70. The predicted octanol–water partition coefficient (Wildman–Crippen LogP) is 2.03. The normalized spacial score (nSPS) is 14.8. The lowest BCUT2D eigenvalue weighted by Crippen LogP contribution is -2.21. The first kappa shape index (κ1) is 13.1. The van der Waals surface area contributed by atoms with E-state index >= 15 is 0 Å². The Morgan fingerprint density at radius 2 is 2.10 bits per heavy atom. The zero-order valence-corrected chi connectivity index (χ0v) is 11.9. The van der Waals surface area contributed by atoms with E-state index in [9.17, 15) is 0 Å². The Bertz CT molecular complexity index is 595. The van der Waals surface area contributed by atoms with Crippen LogP contribution in [0.15, 0.2) is 10.6 Å². The van der Waals surface area contributed by atoms with E-state index in [2.05, 4.69) is 30.3 Å². The molecule has 0 amide bonds. The molecule has 0 atom stereocenters. The van der Waals surface area contributed by atoms with Gasteiger partial charge in [0, 0.05) is 19.2 Å². The highest BCUT2D eigenvalue weighted by Crippen LogP contribution is 2.18. The van der Waals surface area contributed by atoms with E-state index in [1.165, 1.54) is 0 Å². The summed E-state index contributed by atoms with van der Waals surface area (Å²) in [5.41, 5.74) is 0.793. The van der Waals surface area contributed by atoms with Crippen molar-refractivity contribution < 1.29 is 4.52 Å². The van der Waals surface area contributed by atoms with Crippen LogP contribution >= 0.6 is 11.6 Å². The molecule has 2 aromatic rings. The van der Waals surface area contributed by atoms with Crippen molar-refractivity contribution in [1.29, 1.82) is 0 Å². The molecule has 0 unspecified atom stereocenters. The van der Waals surface area contributed by atoms with Crippen LogP contribution in [0.1, 0.15) is 24.3 Å². The molecule has 0 spiro atoms. The first-order valence-electron chi connectivity index (χ1n) is 6.53. The van der Waals surface area contributed by atoms with Gasteiger partial charge >= 0.3 is 0 Å². The summed E-state index contributed by atoms with van der Waals surface area (Å²) in [6, 6.07) is 1.86. The van der Waals surface area contributed by atoms with Gasteiger partial charge in [-0.15, -0.1) is 0 Å². The molecule has 0 aliphatic carbocycles. The number of nitrogens with zero attached hydrogens (tertiary/aromatic N) is 5. The van der Waals surface area contributed by atoms with Crippen LogP contribution < -0.4 is 10.2 Å².